The molecule has 48 heavy (non-hydrogen) atoms. The van der Waals surface area contributed by atoms with Crippen molar-refractivity contribution in [3.8, 4) is 0 Å². The molecule has 20 N–H and O–H groups in total. The van der Waals surface area contributed by atoms with Crippen LogP contribution in [0.4, 0.5) is 0 Å². The summed E-state index contributed by atoms with van der Waals surface area (Å²) in [5.74, 6) is 0. The molecule has 0 radical (unpaired) electrons. The molecule has 0 aliphatic rings. The quantitative estimate of drug-likeness (QED) is 0.0493. The van der Waals surface area contributed by atoms with Crippen molar-refractivity contribution in [3.05, 3.63) is 0 Å². The minimum atomic E-state index is -2.80. The Morgan fingerprint density at radius 1 is 0.250 bits per heavy atom. The third-order valence-electron chi connectivity index (χ3n) is 5.72. The van der Waals surface area contributed by atoms with Crippen LogP contribution < -0.4 is 0 Å². The second-order valence-corrected chi connectivity index (χ2v) is 9.41. The molecule has 0 saturated heterocycles. The molecule has 0 aromatic carbocycles. The second-order valence-electron chi connectivity index (χ2n) is 9.41. The normalized spacial score (nSPS) is 15.2. The molecule has 20 heteroatoms. The van der Waals surface area contributed by atoms with E-state index in [9.17, 15) is 30.6 Å². The summed E-state index contributed by atoms with van der Waals surface area (Å²) in [5, 5.41) is 177. The zero-order valence-electron chi connectivity index (χ0n) is 27.8. The molecule has 20 nitrogen and oxygen atoms in total. The average Bonchev–Trinajstić information content (AvgIpc) is 3.13. The zero-order valence-corrected chi connectivity index (χ0v) is 27.8. The fraction of sp³-hybridized carbons (Fsp3) is 1.00. The van der Waals surface area contributed by atoms with Crippen molar-refractivity contribution in [2.75, 3.05) is 92.5 Å². The molecule has 0 heterocycles. The topological polar surface area (TPSA) is 405 Å². The van der Waals surface area contributed by atoms with Crippen LogP contribution in [0.15, 0.2) is 0 Å². The van der Waals surface area contributed by atoms with Gasteiger partial charge < -0.3 is 102 Å². The van der Waals surface area contributed by atoms with Crippen LogP contribution >= 0.6 is 0 Å². The number of hydrogen-bond acceptors (Lipinski definition) is 20. The lowest BCUT2D eigenvalue weighted by Crippen LogP contribution is -2.76. The predicted molar refractivity (Wildman–Crippen MR) is 170 cm³/mol. The third-order valence-corrected chi connectivity index (χ3v) is 5.72. The molecule has 0 amide bonds. The van der Waals surface area contributed by atoms with E-state index < -0.39 is 35.6 Å². The average molecular weight is 725 g/mol. The fourth-order valence-electron chi connectivity index (χ4n) is 3.53. The Kier molecular flexibility index (Phi) is 57.1. The van der Waals surface area contributed by atoms with Crippen LogP contribution in [0.5, 0.6) is 0 Å². The Morgan fingerprint density at radius 3 is 0.458 bits per heavy atom. The Balaban J connectivity index is -0.000000178. The first-order valence-corrected chi connectivity index (χ1v) is 15.4. The van der Waals surface area contributed by atoms with E-state index in [-0.39, 0.29) is 144 Å². The molecular formula is C28H68O20. The predicted octanol–water partition coefficient (Wildman–Crippen LogP) is -8.16. The maximum Gasteiger partial charge on any atom is 0.150 e. The van der Waals surface area contributed by atoms with Crippen molar-refractivity contribution in [2.45, 2.75) is 87.0 Å². The van der Waals surface area contributed by atoms with E-state index in [0.29, 0.717) is 0 Å². The van der Waals surface area contributed by atoms with Gasteiger partial charge in [-0.05, 0) is 51.4 Å². The van der Waals surface area contributed by atoms with Crippen LogP contribution in [0.1, 0.15) is 51.4 Å². The van der Waals surface area contributed by atoms with Gasteiger partial charge in [-0.15, -0.1) is 0 Å². The number of aliphatic hydroxyl groups excluding tert-OH is 18. The van der Waals surface area contributed by atoms with E-state index in [2.05, 4.69) is 0 Å². The van der Waals surface area contributed by atoms with Crippen molar-refractivity contribution in [2.24, 2.45) is 0 Å². The van der Waals surface area contributed by atoms with Crippen LogP contribution in [-0.4, -0.2) is 230 Å². The van der Waals surface area contributed by atoms with Crippen molar-refractivity contribution < 1.29 is 102 Å². The summed E-state index contributed by atoms with van der Waals surface area (Å²) in [7, 11) is 0. The van der Waals surface area contributed by atoms with Crippen LogP contribution in [0.25, 0.3) is 0 Å². The van der Waals surface area contributed by atoms with Crippen molar-refractivity contribution in [3.63, 3.8) is 0 Å². The van der Waals surface area contributed by atoms with Gasteiger partial charge in [-0.1, -0.05) is 0 Å². The first kappa shape index (κ1) is 59.4. The van der Waals surface area contributed by atoms with Gasteiger partial charge in [0.2, 0.25) is 0 Å². The summed E-state index contributed by atoms with van der Waals surface area (Å²) in [6.07, 6.45) is -8.21. The van der Waals surface area contributed by atoms with E-state index in [4.69, 9.17) is 71.5 Å². The van der Waals surface area contributed by atoms with Gasteiger partial charge in [0.1, 0.15) is 11.2 Å². The van der Waals surface area contributed by atoms with Gasteiger partial charge in [0.05, 0.1) is 90.5 Å². The fourth-order valence-corrected chi connectivity index (χ4v) is 3.53. The highest BCUT2D eigenvalue weighted by Crippen LogP contribution is 2.41. The lowest BCUT2D eigenvalue weighted by molar-refractivity contribution is -0.306. The highest BCUT2D eigenvalue weighted by atomic mass is 16.4. The standard InChI is InChI=1S/C18H38O10.5C2H6O2/c19-9-1-5-13(23)17(27,14(24)6-2-10-20)18(28,15(25)7-3-11-21)16(26)8-4-12-22;5*3-1-2-4/h13-16,19-28H,1-12H2;5*3-4H,1-2H2. The Labute approximate surface area is 282 Å². The Bertz CT molecular complexity index is 454. The van der Waals surface area contributed by atoms with Crippen molar-refractivity contribution in [1.29, 1.82) is 0 Å². The lowest BCUT2D eigenvalue weighted by Gasteiger charge is -2.53. The molecule has 0 aromatic rings. The number of rotatable bonds is 22. The summed E-state index contributed by atoms with van der Waals surface area (Å²) in [6, 6.07) is 0. The van der Waals surface area contributed by atoms with Gasteiger partial charge >= 0.3 is 0 Å². The molecule has 0 saturated carbocycles. The summed E-state index contributed by atoms with van der Waals surface area (Å²) in [4.78, 5) is 0. The highest BCUT2D eigenvalue weighted by Gasteiger charge is 2.64. The summed E-state index contributed by atoms with van der Waals surface area (Å²) < 4.78 is 0. The van der Waals surface area contributed by atoms with Gasteiger partial charge in [0.25, 0.3) is 0 Å². The van der Waals surface area contributed by atoms with Gasteiger partial charge in [-0.25, -0.2) is 0 Å². The summed E-state index contributed by atoms with van der Waals surface area (Å²) >= 11 is 0. The maximum absolute atomic E-state index is 11.3. The monoisotopic (exact) mass is 724 g/mol. The van der Waals surface area contributed by atoms with E-state index in [1.807, 2.05) is 0 Å². The smallest absolute Gasteiger partial charge is 0.150 e. The van der Waals surface area contributed by atoms with Crippen LogP contribution in [0.3, 0.4) is 0 Å². The number of aliphatic hydroxyl groups is 20. The van der Waals surface area contributed by atoms with Crippen molar-refractivity contribution in [1.82, 2.24) is 0 Å². The molecule has 4 unspecified atom stereocenters. The maximum atomic E-state index is 11.3. The van der Waals surface area contributed by atoms with Crippen molar-refractivity contribution >= 4 is 0 Å². The zero-order chi connectivity index (χ0) is 38.9. The molecule has 0 bridgehead atoms. The Hall–Kier alpha value is -0.800. The minimum Gasteiger partial charge on any atom is -0.396 e. The van der Waals surface area contributed by atoms with Gasteiger partial charge in [-0.3, -0.25) is 0 Å². The first-order valence-electron chi connectivity index (χ1n) is 15.4. The van der Waals surface area contributed by atoms with Gasteiger partial charge in [0, 0.05) is 26.4 Å². The molecule has 4 atom stereocenters. The van der Waals surface area contributed by atoms with E-state index in [1.165, 1.54) is 0 Å². The largest absolute Gasteiger partial charge is 0.396 e. The highest BCUT2D eigenvalue weighted by molar-refractivity contribution is 5.14. The van der Waals surface area contributed by atoms with E-state index in [0.717, 1.165) is 0 Å². The molecule has 300 valence electrons. The first-order chi connectivity index (χ1) is 22.7. The number of hydrogen-bond donors (Lipinski definition) is 20. The third kappa shape index (κ3) is 31.2. The molecule has 0 aromatic heterocycles. The Morgan fingerprint density at radius 2 is 0.375 bits per heavy atom. The molecule has 0 aliphatic heterocycles. The van der Waals surface area contributed by atoms with Gasteiger partial charge in [0.15, 0.2) is 0 Å². The molecular weight excluding hydrogens is 656 g/mol. The molecule has 0 aliphatic carbocycles. The van der Waals surface area contributed by atoms with Crippen LogP contribution in [-0.2, 0) is 0 Å². The molecule has 0 fully saturated rings. The van der Waals surface area contributed by atoms with Gasteiger partial charge in [-0.2, -0.15) is 0 Å². The lowest BCUT2D eigenvalue weighted by atomic mass is 9.65. The summed E-state index contributed by atoms with van der Waals surface area (Å²) in [5.41, 5.74) is -5.61. The second kappa shape index (κ2) is 46.2. The van der Waals surface area contributed by atoms with Crippen LogP contribution in [0, 0.1) is 0 Å². The van der Waals surface area contributed by atoms with E-state index in [1.54, 1.807) is 0 Å². The van der Waals surface area contributed by atoms with E-state index >= 15 is 0 Å². The molecule has 0 rings (SSSR count). The molecule has 0 spiro atoms. The summed E-state index contributed by atoms with van der Waals surface area (Å²) in [6.45, 7) is -2.59. The minimum absolute atomic E-state index is 0.0196. The SMILES string of the molecule is OCCCC(O)C(O)(C(O)CCCO)C(O)(C(O)CCCO)C(O)CCCO.OCCO.OCCO.OCCO.OCCO.OCCO. The van der Waals surface area contributed by atoms with Crippen LogP contribution in [0.2, 0.25) is 0 Å².